The molecule has 0 bridgehead atoms. The van der Waals surface area contributed by atoms with Gasteiger partial charge in [-0.25, -0.2) is 0 Å². The number of aryl methyl sites for hydroxylation is 2. The van der Waals surface area contributed by atoms with Crippen LogP contribution in [0.3, 0.4) is 0 Å². The number of benzene rings is 1. The van der Waals surface area contributed by atoms with E-state index in [2.05, 4.69) is 17.4 Å². The van der Waals surface area contributed by atoms with Crippen molar-refractivity contribution in [2.24, 2.45) is 0 Å². The number of para-hydroxylation sites is 1. The van der Waals surface area contributed by atoms with Crippen molar-refractivity contribution in [1.82, 2.24) is 5.32 Å². The maximum absolute atomic E-state index is 11.3. The van der Waals surface area contributed by atoms with E-state index in [0.717, 1.165) is 25.2 Å². The zero-order chi connectivity index (χ0) is 17.4. The van der Waals surface area contributed by atoms with Gasteiger partial charge in [-0.1, -0.05) is 24.3 Å². The molecular formula is C19H25NO3S. The number of carbonyl (C=O) groups excluding carboxylic acids is 1. The van der Waals surface area contributed by atoms with Crippen molar-refractivity contribution in [2.45, 2.75) is 45.3 Å². The second-order valence-corrected chi connectivity index (χ2v) is 7.28. The normalized spacial score (nSPS) is 13.1. The molecule has 0 spiro atoms. The highest BCUT2D eigenvalue weighted by atomic mass is 32.1. The van der Waals surface area contributed by atoms with Gasteiger partial charge in [0.1, 0.15) is 11.5 Å². The largest absolute Gasteiger partial charge is 0.493 e. The molecule has 0 fully saturated rings. The molecule has 0 aliphatic carbocycles. The number of aliphatic hydroxyl groups is 1. The van der Waals surface area contributed by atoms with Crippen LogP contribution < -0.4 is 10.1 Å². The summed E-state index contributed by atoms with van der Waals surface area (Å²) < 4.78 is 5.42. The van der Waals surface area contributed by atoms with Gasteiger partial charge in [0.15, 0.2) is 0 Å². The summed E-state index contributed by atoms with van der Waals surface area (Å²) in [5.41, 5.74) is 0.237. The van der Waals surface area contributed by atoms with E-state index in [0.29, 0.717) is 6.42 Å². The van der Waals surface area contributed by atoms with Gasteiger partial charge >= 0.3 is 0 Å². The molecule has 0 saturated carbocycles. The number of thiophene rings is 1. The smallest absolute Gasteiger partial charge is 0.222 e. The fourth-order valence-corrected chi connectivity index (χ4v) is 3.10. The maximum atomic E-state index is 11.3. The van der Waals surface area contributed by atoms with E-state index in [4.69, 9.17) is 4.74 Å². The number of nitrogens with one attached hydrogen (secondary N) is 1. The molecule has 2 heterocycles. The van der Waals surface area contributed by atoms with Gasteiger partial charge in [-0.05, 0) is 56.2 Å². The highest BCUT2D eigenvalue weighted by Gasteiger charge is 2.15. The summed E-state index contributed by atoms with van der Waals surface area (Å²) in [6.07, 6.45) is 3.50. The van der Waals surface area contributed by atoms with Crippen LogP contribution in [-0.4, -0.2) is 23.3 Å². The molecule has 3 rings (SSSR count). The average molecular weight is 347 g/mol. The Bertz CT molecular complexity index is 607. The molecule has 0 saturated heterocycles. The van der Waals surface area contributed by atoms with Crippen LogP contribution in [0, 0.1) is 0 Å². The third kappa shape index (κ3) is 6.72. The molecular weight excluding hydrogens is 322 g/mol. The minimum atomic E-state index is -1.12. The molecule has 2 aromatic rings. The first-order valence-corrected chi connectivity index (χ1v) is 9.08. The summed E-state index contributed by atoms with van der Waals surface area (Å²) in [5.74, 6) is 0.958. The zero-order valence-electron chi connectivity index (χ0n) is 14.2. The molecule has 0 radical (unpaired) electrons. The van der Waals surface area contributed by atoms with Crippen LogP contribution in [0.4, 0.5) is 0 Å². The molecule has 1 aliphatic rings. The molecule has 1 aliphatic heterocycles. The Labute approximate surface area is 147 Å². The third-order valence-electron chi connectivity index (χ3n) is 3.44. The molecule has 0 atom stereocenters. The lowest BCUT2D eigenvalue weighted by Crippen LogP contribution is -2.43. The van der Waals surface area contributed by atoms with Crippen LogP contribution in [0.2, 0.25) is 0 Å². The van der Waals surface area contributed by atoms with Crippen LogP contribution in [0.25, 0.3) is 0 Å². The highest BCUT2D eigenvalue weighted by Crippen LogP contribution is 2.23. The second kappa shape index (κ2) is 8.85. The first-order chi connectivity index (χ1) is 11.4. The van der Waals surface area contributed by atoms with Crippen LogP contribution in [0.1, 0.15) is 37.1 Å². The van der Waals surface area contributed by atoms with E-state index in [1.54, 1.807) is 25.2 Å². The van der Waals surface area contributed by atoms with Crippen molar-refractivity contribution in [3.63, 3.8) is 0 Å². The second-order valence-electron chi connectivity index (χ2n) is 6.25. The highest BCUT2D eigenvalue weighted by molar-refractivity contribution is 7.09. The molecule has 5 heteroatoms. The standard InChI is InChI=1S/C10H15NO2S.C9H10O/c1-10(2,13)11-9(12)6-5-8-4-3-7-14-8;1-2-6-9-8(4-1)5-3-7-10-9/h3-4,7,13H,5-6H2,1-2H3,(H,11,12);1-2,4,6H,3,5,7H2. The average Bonchev–Trinajstić information content (AvgIpc) is 3.06. The Morgan fingerprint density at radius 3 is 2.75 bits per heavy atom. The van der Waals surface area contributed by atoms with Crippen molar-refractivity contribution in [1.29, 1.82) is 0 Å². The number of hydrogen-bond donors (Lipinski definition) is 2. The number of carbonyl (C=O) groups is 1. The van der Waals surface area contributed by atoms with Gasteiger partial charge in [-0.15, -0.1) is 11.3 Å². The summed E-state index contributed by atoms with van der Waals surface area (Å²) in [7, 11) is 0. The molecule has 2 N–H and O–H groups in total. The van der Waals surface area contributed by atoms with E-state index in [9.17, 15) is 9.90 Å². The summed E-state index contributed by atoms with van der Waals surface area (Å²) >= 11 is 1.64. The quantitative estimate of drug-likeness (QED) is 0.832. The summed E-state index contributed by atoms with van der Waals surface area (Å²) in [4.78, 5) is 12.5. The van der Waals surface area contributed by atoms with Gasteiger partial charge < -0.3 is 15.2 Å². The fraction of sp³-hybridized carbons (Fsp3) is 0.421. The van der Waals surface area contributed by atoms with E-state index in [-0.39, 0.29) is 5.91 Å². The Balaban J connectivity index is 0.000000182. The number of fused-ring (bicyclic) bond motifs is 1. The van der Waals surface area contributed by atoms with Crippen LogP contribution in [0.5, 0.6) is 5.75 Å². The first-order valence-electron chi connectivity index (χ1n) is 8.20. The van der Waals surface area contributed by atoms with Gasteiger partial charge in [-0.3, -0.25) is 4.79 Å². The van der Waals surface area contributed by atoms with E-state index >= 15 is 0 Å². The predicted molar refractivity (Wildman–Crippen MR) is 97.3 cm³/mol. The van der Waals surface area contributed by atoms with Crippen molar-refractivity contribution < 1.29 is 14.6 Å². The van der Waals surface area contributed by atoms with Crippen LogP contribution in [-0.2, 0) is 17.6 Å². The molecule has 1 aromatic carbocycles. The SMILES string of the molecule is CC(C)(O)NC(=O)CCc1cccs1.c1ccc2c(c1)CCCO2. The molecule has 0 unspecified atom stereocenters. The zero-order valence-corrected chi connectivity index (χ0v) is 15.1. The molecule has 130 valence electrons. The number of ether oxygens (including phenoxy) is 1. The lowest BCUT2D eigenvalue weighted by Gasteiger charge is -2.18. The number of hydrogen-bond acceptors (Lipinski definition) is 4. The van der Waals surface area contributed by atoms with Crippen molar-refractivity contribution in [3.8, 4) is 5.75 Å². The van der Waals surface area contributed by atoms with Crippen LogP contribution in [0.15, 0.2) is 41.8 Å². The summed E-state index contributed by atoms with van der Waals surface area (Å²) in [6, 6.07) is 12.2. The maximum Gasteiger partial charge on any atom is 0.222 e. The minimum Gasteiger partial charge on any atom is -0.493 e. The Morgan fingerprint density at radius 1 is 1.29 bits per heavy atom. The molecule has 1 amide bonds. The van der Waals surface area contributed by atoms with Gasteiger partial charge in [0.05, 0.1) is 6.61 Å². The third-order valence-corrected chi connectivity index (χ3v) is 4.38. The first kappa shape index (κ1) is 18.5. The van der Waals surface area contributed by atoms with Gasteiger partial charge in [0.2, 0.25) is 5.91 Å². The number of rotatable bonds is 4. The number of amides is 1. The predicted octanol–water partition coefficient (Wildman–Crippen LogP) is 3.54. The molecule has 24 heavy (non-hydrogen) atoms. The lowest BCUT2D eigenvalue weighted by molar-refractivity contribution is -0.126. The lowest BCUT2D eigenvalue weighted by atomic mass is 10.1. The topological polar surface area (TPSA) is 58.6 Å². The van der Waals surface area contributed by atoms with Gasteiger partial charge in [-0.2, -0.15) is 0 Å². The van der Waals surface area contributed by atoms with E-state index < -0.39 is 5.72 Å². The minimum absolute atomic E-state index is 0.120. The van der Waals surface area contributed by atoms with Crippen molar-refractivity contribution in [2.75, 3.05) is 6.61 Å². The Morgan fingerprint density at radius 2 is 2.08 bits per heavy atom. The molecule has 4 nitrogen and oxygen atoms in total. The fourth-order valence-electron chi connectivity index (χ4n) is 2.39. The molecule has 1 aromatic heterocycles. The van der Waals surface area contributed by atoms with E-state index in [1.165, 1.54) is 16.9 Å². The van der Waals surface area contributed by atoms with Crippen molar-refractivity contribution >= 4 is 17.2 Å². The van der Waals surface area contributed by atoms with Crippen molar-refractivity contribution in [3.05, 3.63) is 52.2 Å². The van der Waals surface area contributed by atoms with Gasteiger partial charge in [0.25, 0.3) is 0 Å². The van der Waals surface area contributed by atoms with E-state index in [1.807, 2.05) is 29.6 Å². The van der Waals surface area contributed by atoms with Crippen LogP contribution >= 0.6 is 11.3 Å². The summed E-state index contributed by atoms with van der Waals surface area (Å²) in [5, 5.41) is 13.8. The summed E-state index contributed by atoms with van der Waals surface area (Å²) in [6.45, 7) is 3.99. The Kier molecular flexibility index (Phi) is 6.82. The van der Waals surface area contributed by atoms with Gasteiger partial charge in [0, 0.05) is 11.3 Å². The Hall–Kier alpha value is -1.85. The monoisotopic (exact) mass is 347 g/mol.